The first-order valence-corrected chi connectivity index (χ1v) is 8.50. The number of hydrogen-bond acceptors (Lipinski definition) is 4. The zero-order chi connectivity index (χ0) is 17.7. The third kappa shape index (κ3) is 8.37. The molecule has 1 aromatic carbocycles. The number of nitrogens with one attached hydrogen (secondary N) is 2. The number of nitrogens with zero attached hydrogens (tertiary/aromatic N) is 2. The van der Waals surface area contributed by atoms with Gasteiger partial charge in [-0.1, -0.05) is 12.1 Å². The highest BCUT2D eigenvalue weighted by Crippen LogP contribution is 2.18. The second-order valence-corrected chi connectivity index (χ2v) is 5.32. The number of rotatable bonds is 9. The normalized spacial score (nSPS) is 10.6. The number of aliphatic imine (C=N–C) groups is 1. The van der Waals surface area contributed by atoms with Gasteiger partial charge in [-0.2, -0.15) is 0 Å². The smallest absolute Gasteiger partial charge is 0.191 e. The van der Waals surface area contributed by atoms with Crippen molar-refractivity contribution < 1.29 is 9.47 Å². The molecular formula is C19H27IN4O2. The van der Waals surface area contributed by atoms with Gasteiger partial charge in [0.2, 0.25) is 0 Å². The molecule has 2 rings (SSSR count). The molecule has 1 heterocycles. The van der Waals surface area contributed by atoms with Crippen molar-refractivity contribution in [2.75, 3.05) is 26.8 Å². The van der Waals surface area contributed by atoms with Crippen molar-refractivity contribution in [3.05, 3.63) is 54.4 Å². The Morgan fingerprint density at radius 1 is 1.12 bits per heavy atom. The maximum Gasteiger partial charge on any atom is 0.191 e. The molecule has 0 radical (unpaired) electrons. The first-order valence-electron chi connectivity index (χ1n) is 8.50. The number of benzene rings is 1. The minimum absolute atomic E-state index is 0. The van der Waals surface area contributed by atoms with Crippen LogP contribution in [0.2, 0.25) is 0 Å². The van der Waals surface area contributed by atoms with Crippen LogP contribution in [0.3, 0.4) is 0 Å². The second kappa shape index (κ2) is 13.2. The molecule has 26 heavy (non-hydrogen) atoms. The van der Waals surface area contributed by atoms with Gasteiger partial charge in [-0.05, 0) is 37.6 Å². The van der Waals surface area contributed by atoms with Crippen molar-refractivity contribution in [2.45, 2.75) is 19.9 Å². The zero-order valence-electron chi connectivity index (χ0n) is 15.3. The summed E-state index contributed by atoms with van der Waals surface area (Å²) in [5.74, 6) is 2.40. The molecule has 7 heteroatoms. The molecule has 0 amide bonds. The van der Waals surface area contributed by atoms with Crippen LogP contribution in [0.15, 0.2) is 53.7 Å². The summed E-state index contributed by atoms with van der Waals surface area (Å²) in [5.41, 5.74) is 0.945. The van der Waals surface area contributed by atoms with Gasteiger partial charge in [0.05, 0.1) is 26.0 Å². The SMILES string of the molecule is CCNC(=NCc1ccccn1)NCCCOc1cccc(OC)c1.I. The van der Waals surface area contributed by atoms with Crippen LogP contribution in [0.1, 0.15) is 19.0 Å². The summed E-state index contributed by atoms with van der Waals surface area (Å²) in [5, 5.41) is 6.54. The topological polar surface area (TPSA) is 67.8 Å². The molecular weight excluding hydrogens is 443 g/mol. The van der Waals surface area contributed by atoms with Gasteiger partial charge in [-0.15, -0.1) is 24.0 Å². The Kier molecular flexibility index (Phi) is 11.2. The lowest BCUT2D eigenvalue weighted by Gasteiger charge is -2.12. The molecule has 0 bridgehead atoms. The molecule has 0 unspecified atom stereocenters. The molecule has 0 saturated carbocycles. The van der Waals surface area contributed by atoms with E-state index in [0.29, 0.717) is 13.2 Å². The van der Waals surface area contributed by atoms with Crippen LogP contribution in [-0.4, -0.2) is 37.7 Å². The van der Waals surface area contributed by atoms with Crippen molar-refractivity contribution in [1.82, 2.24) is 15.6 Å². The molecule has 2 N–H and O–H groups in total. The van der Waals surface area contributed by atoms with Crippen LogP contribution in [-0.2, 0) is 6.54 Å². The zero-order valence-corrected chi connectivity index (χ0v) is 17.6. The molecule has 0 aliphatic rings. The van der Waals surface area contributed by atoms with E-state index in [1.165, 1.54) is 0 Å². The molecule has 0 fully saturated rings. The number of ether oxygens (including phenoxy) is 2. The van der Waals surface area contributed by atoms with Crippen LogP contribution < -0.4 is 20.1 Å². The van der Waals surface area contributed by atoms with Gasteiger partial charge in [0.1, 0.15) is 11.5 Å². The fourth-order valence-corrected chi connectivity index (χ4v) is 2.15. The fraction of sp³-hybridized carbons (Fsp3) is 0.368. The van der Waals surface area contributed by atoms with Gasteiger partial charge in [-0.25, -0.2) is 4.99 Å². The Labute approximate surface area is 172 Å². The monoisotopic (exact) mass is 470 g/mol. The Bertz CT molecular complexity index is 653. The quantitative estimate of drug-likeness (QED) is 0.255. The van der Waals surface area contributed by atoms with Gasteiger partial charge in [0, 0.05) is 25.4 Å². The highest BCUT2D eigenvalue weighted by atomic mass is 127. The summed E-state index contributed by atoms with van der Waals surface area (Å²) in [6, 6.07) is 13.5. The van der Waals surface area contributed by atoms with Gasteiger partial charge in [0.25, 0.3) is 0 Å². The molecule has 0 aliphatic heterocycles. The van der Waals surface area contributed by atoms with E-state index in [4.69, 9.17) is 9.47 Å². The predicted octanol–water partition coefficient (Wildman–Crippen LogP) is 3.23. The summed E-state index contributed by atoms with van der Waals surface area (Å²) in [6.45, 7) is 4.81. The van der Waals surface area contributed by atoms with Gasteiger partial charge >= 0.3 is 0 Å². The molecule has 142 valence electrons. The first-order chi connectivity index (χ1) is 12.3. The van der Waals surface area contributed by atoms with E-state index in [9.17, 15) is 0 Å². The highest BCUT2D eigenvalue weighted by Gasteiger charge is 1.99. The molecule has 2 aromatic rings. The summed E-state index contributed by atoms with van der Waals surface area (Å²) in [6.07, 6.45) is 2.65. The number of hydrogen-bond donors (Lipinski definition) is 2. The minimum Gasteiger partial charge on any atom is -0.497 e. The maximum atomic E-state index is 5.73. The second-order valence-electron chi connectivity index (χ2n) is 5.32. The van der Waals surface area contributed by atoms with Crippen LogP contribution in [0.25, 0.3) is 0 Å². The number of aromatic nitrogens is 1. The molecule has 6 nitrogen and oxygen atoms in total. The Hall–Kier alpha value is -2.03. The lowest BCUT2D eigenvalue weighted by Crippen LogP contribution is -2.38. The summed E-state index contributed by atoms with van der Waals surface area (Å²) in [4.78, 5) is 8.81. The summed E-state index contributed by atoms with van der Waals surface area (Å²) in [7, 11) is 1.65. The Morgan fingerprint density at radius 2 is 1.96 bits per heavy atom. The van der Waals surface area contributed by atoms with E-state index in [2.05, 4.69) is 20.6 Å². The standard InChI is InChI=1S/C19H26N4O2.HI/c1-3-20-19(23-15-16-8-4-5-11-21-16)22-12-7-13-25-18-10-6-9-17(14-18)24-2;/h4-6,8-11,14H,3,7,12-13,15H2,1-2H3,(H2,20,22,23);1H. The van der Waals surface area contributed by atoms with E-state index in [0.717, 1.165) is 42.7 Å². The largest absolute Gasteiger partial charge is 0.497 e. The lowest BCUT2D eigenvalue weighted by molar-refractivity contribution is 0.308. The number of pyridine rings is 1. The van der Waals surface area contributed by atoms with Crippen molar-refractivity contribution >= 4 is 29.9 Å². The molecule has 0 atom stereocenters. The van der Waals surface area contributed by atoms with Gasteiger partial charge < -0.3 is 20.1 Å². The van der Waals surface area contributed by atoms with Crippen LogP contribution >= 0.6 is 24.0 Å². The van der Waals surface area contributed by atoms with Crippen LogP contribution in [0.5, 0.6) is 11.5 Å². The van der Waals surface area contributed by atoms with E-state index >= 15 is 0 Å². The number of halogens is 1. The Balaban J connectivity index is 0.00000338. The minimum atomic E-state index is 0. The summed E-state index contributed by atoms with van der Waals surface area (Å²) < 4.78 is 10.9. The van der Waals surface area contributed by atoms with Crippen molar-refractivity contribution in [2.24, 2.45) is 4.99 Å². The van der Waals surface area contributed by atoms with E-state index in [1.807, 2.05) is 49.4 Å². The summed E-state index contributed by atoms with van der Waals surface area (Å²) >= 11 is 0. The van der Waals surface area contributed by atoms with Gasteiger partial charge in [0.15, 0.2) is 5.96 Å². The van der Waals surface area contributed by atoms with Gasteiger partial charge in [-0.3, -0.25) is 4.98 Å². The lowest BCUT2D eigenvalue weighted by atomic mass is 10.3. The average molecular weight is 470 g/mol. The molecule has 0 saturated heterocycles. The predicted molar refractivity (Wildman–Crippen MR) is 116 cm³/mol. The number of guanidine groups is 1. The maximum absolute atomic E-state index is 5.73. The van der Waals surface area contributed by atoms with Crippen LogP contribution in [0.4, 0.5) is 0 Å². The third-order valence-corrected chi connectivity index (χ3v) is 3.39. The van der Waals surface area contributed by atoms with Crippen molar-refractivity contribution in [3.63, 3.8) is 0 Å². The molecule has 0 aliphatic carbocycles. The van der Waals surface area contributed by atoms with E-state index in [1.54, 1.807) is 13.3 Å². The van der Waals surface area contributed by atoms with E-state index < -0.39 is 0 Å². The third-order valence-electron chi connectivity index (χ3n) is 3.39. The highest BCUT2D eigenvalue weighted by molar-refractivity contribution is 14.0. The van der Waals surface area contributed by atoms with E-state index in [-0.39, 0.29) is 24.0 Å². The van der Waals surface area contributed by atoms with Crippen molar-refractivity contribution in [1.29, 1.82) is 0 Å². The fourth-order valence-electron chi connectivity index (χ4n) is 2.15. The van der Waals surface area contributed by atoms with Crippen molar-refractivity contribution in [3.8, 4) is 11.5 Å². The molecule has 1 aromatic heterocycles. The molecule has 0 spiro atoms. The first kappa shape index (κ1) is 22.0. The Morgan fingerprint density at radius 3 is 2.69 bits per heavy atom. The number of methoxy groups -OCH3 is 1. The van der Waals surface area contributed by atoms with Crippen LogP contribution in [0, 0.1) is 0 Å². The average Bonchev–Trinajstić information content (AvgIpc) is 2.66.